The van der Waals surface area contributed by atoms with E-state index < -0.39 is 11.7 Å². The van der Waals surface area contributed by atoms with E-state index in [1.54, 1.807) is 0 Å². The number of carbonyl (C=O) groups is 4. The molecular formula is C26H46BN3O6. The zero-order valence-corrected chi connectivity index (χ0v) is 22.3. The molecule has 1 aliphatic heterocycles. The van der Waals surface area contributed by atoms with Crippen molar-refractivity contribution in [1.29, 1.82) is 0 Å². The summed E-state index contributed by atoms with van der Waals surface area (Å²) in [5.41, 5.74) is -0.370. The average Bonchev–Trinajstić information content (AvgIpc) is 3.06. The van der Waals surface area contributed by atoms with Gasteiger partial charge in [0.15, 0.2) is 0 Å². The molecule has 1 rings (SSSR count). The number of nitrogens with zero attached hydrogens (tertiary/aromatic N) is 1. The van der Waals surface area contributed by atoms with Crippen molar-refractivity contribution in [3.8, 4) is 0 Å². The molecule has 0 aromatic heterocycles. The fourth-order valence-corrected chi connectivity index (χ4v) is 4.07. The van der Waals surface area contributed by atoms with Crippen molar-refractivity contribution in [2.45, 2.75) is 109 Å². The zero-order chi connectivity index (χ0) is 26.8. The van der Waals surface area contributed by atoms with Gasteiger partial charge < -0.3 is 20.5 Å². The molecule has 0 aromatic carbocycles. The predicted molar refractivity (Wildman–Crippen MR) is 139 cm³/mol. The number of aliphatic hydroxyl groups is 1. The summed E-state index contributed by atoms with van der Waals surface area (Å²) in [6, 6.07) is 0. The second kappa shape index (κ2) is 18.3. The van der Waals surface area contributed by atoms with E-state index in [-0.39, 0.29) is 49.3 Å². The Balaban J connectivity index is 1.85. The first-order valence-corrected chi connectivity index (χ1v) is 13.5. The number of nitrogens with one attached hydrogen (secondary N) is 2. The van der Waals surface area contributed by atoms with Crippen molar-refractivity contribution < 1.29 is 29.0 Å². The van der Waals surface area contributed by atoms with Crippen LogP contribution in [0.15, 0.2) is 0 Å². The monoisotopic (exact) mass is 507 g/mol. The molecule has 1 unspecified atom stereocenters. The molecule has 10 heteroatoms. The van der Waals surface area contributed by atoms with E-state index in [9.17, 15) is 19.2 Å². The van der Waals surface area contributed by atoms with E-state index in [1.165, 1.54) is 19.3 Å². The van der Waals surface area contributed by atoms with Crippen LogP contribution in [-0.4, -0.2) is 79.9 Å². The maximum Gasteiger partial charge on any atom is 0.229 e. The highest BCUT2D eigenvalue weighted by Gasteiger charge is 2.34. The van der Waals surface area contributed by atoms with E-state index in [1.807, 2.05) is 13.8 Å². The minimum atomic E-state index is -0.764. The molecule has 4 amide bonds. The molecule has 0 aliphatic carbocycles. The Hall–Kier alpha value is -1.94. The quantitative estimate of drug-likeness (QED) is 0.125. The van der Waals surface area contributed by atoms with Gasteiger partial charge >= 0.3 is 0 Å². The Morgan fingerprint density at radius 3 is 2.08 bits per heavy atom. The lowest BCUT2D eigenvalue weighted by Crippen LogP contribution is -2.34. The minimum Gasteiger partial charge on any atom is -0.396 e. The summed E-state index contributed by atoms with van der Waals surface area (Å²) in [7, 11) is 5.55. The molecule has 1 aliphatic rings. The molecular weight excluding hydrogens is 461 g/mol. The lowest BCUT2D eigenvalue weighted by Gasteiger charge is -2.24. The molecule has 36 heavy (non-hydrogen) atoms. The highest BCUT2D eigenvalue weighted by atomic mass is 16.5. The van der Waals surface area contributed by atoms with Crippen LogP contribution in [-0.2, 0) is 23.9 Å². The molecule has 1 fully saturated rings. The molecule has 1 heterocycles. The van der Waals surface area contributed by atoms with Crippen LogP contribution < -0.4 is 10.6 Å². The van der Waals surface area contributed by atoms with Crippen molar-refractivity contribution in [2.75, 3.05) is 32.8 Å². The maximum atomic E-state index is 11.9. The third-order valence-corrected chi connectivity index (χ3v) is 6.37. The standard InChI is InChI=1S/C26H46BN3O6/c1-26(2,14-18-31)36-19-16-29-22(32)12-10-8-6-4-3-5-7-9-11-15-28-23(33)13-17-30-24(34)20-21(27)25(30)35/h21,31H,3-20H2,1-2H3,(H,28,33)(H,29,32). The zero-order valence-electron chi connectivity index (χ0n) is 22.3. The summed E-state index contributed by atoms with van der Waals surface area (Å²) in [6.45, 7) is 5.59. The number of amides is 4. The van der Waals surface area contributed by atoms with Gasteiger partial charge in [-0.1, -0.05) is 44.9 Å². The van der Waals surface area contributed by atoms with Crippen molar-refractivity contribution in [1.82, 2.24) is 15.5 Å². The number of ether oxygens (including phenoxy) is 1. The van der Waals surface area contributed by atoms with Crippen molar-refractivity contribution in [3.63, 3.8) is 0 Å². The Labute approximate surface area is 217 Å². The number of unbranched alkanes of at least 4 members (excludes halogenated alkanes) is 8. The van der Waals surface area contributed by atoms with Gasteiger partial charge in [-0.3, -0.25) is 24.1 Å². The Bertz CT molecular complexity index is 689. The summed E-state index contributed by atoms with van der Waals surface area (Å²) >= 11 is 0. The summed E-state index contributed by atoms with van der Waals surface area (Å²) < 4.78 is 5.66. The molecule has 9 nitrogen and oxygen atoms in total. The first-order chi connectivity index (χ1) is 17.2. The van der Waals surface area contributed by atoms with Crippen LogP contribution in [0.5, 0.6) is 0 Å². The first kappa shape index (κ1) is 32.1. The third kappa shape index (κ3) is 14.6. The van der Waals surface area contributed by atoms with E-state index in [0.717, 1.165) is 43.4 Å². The van der Waals surface area contributed by atoms with Crippen molar-refractivity contribution in [3.05, 3.63) is 0 Å². The summed E-state index contributed by atoms with van der Waals surface area (Å²) in [4.78, 5) is 48.2. The van der Waals surface area contributed by atoms with Gasteiger partial charge in [-0.05, 0) is 33.1 Å². The first-order valence-electron chi connectivity index (χ1n) is 13.5. The van der Waals surface area contributed by atoms with Gasteiger partial charge in [0.1, 0.15) is 0 Å². The summed E-state index contributed by atoms with van der Waals surface area (Å²) in [6.07, 6.45) is 11.0. The van der Waals surface area contributed by atoms with Gasteiger partial charge in [0, 0.05) is 51.3 Å². The van der Waals surface area contributed by atoms with Crippen LogP contribution >= 0.6 is 0 Å². The fourth-order valence-electron chi connectivity index (χ4n) is 4.07. The van der Waals surface area contributed by atoms with Crippen molar-refractivity contribution >= 4 is 31.5 Å². The fraction of sp³-hybridized carbons (Fsp3) is 0.846. The van der Waals surface area contributed by atoms with Gasteiger partial charge in [-0.25, -0.2) is 0 Å². The van der Waals surface area contributed by atoms with Crippen LogP contribution in [0.2, 0.25) is 5.82 Å². The second-order valence-corrected chi connectivity index (χ2v) is 10.2. The normalized spacial score (nSPS) is 16.0. The van der Waals surface area contributed by atoms with Crippen molar-refractivity contribution in [2.24, 2.45) is 0 Å². The molecule has 3 N–H and O–H groups in total. The van der Waals surface area contributed by atoms with E-state index >= 15 is 0 Å². The largest absolute Gasteiger partial charge is 0.396 e. The Morgan fingerprint density at radius 2 is 1.50 bits per heavy atom. The molecule has 204 valence electrons. The third-order valence-electron chi connectivity index (χ3n) is 6.37. The van der Waals surface area contributed by atoms with E-state index in [2.05, 4.69) is 10.6 Å². The lowest BCUT2D eigenvalue weighted by molar-refractivity contribution is -0.138. The molecule has 0 aromatic rings. The van der Waals surface area contributed by atoms with Gasteiger partial charge in [0.25, 0.3) is 0 Å². The van der Waals surface area contributed by atoms with E-state index in [0.29, 0.717) is 32.5 Å². The maximum absolute atomic E-state index is 11.9. The average molecular weight is 507 g/mol. The molecule has 2 radical (unpaired) electrons. The summed E-state index contributed by atoms with van der Waals surface area (Å²) in [5.74, 6) is -1.55. The highest BCUT2D eigenvalue weighted by Crippen LogP contribution is 2.21. The van der Waals surface area contributed by atoms with E-state index in [4.69, 9.17) is 17.7 Å². The highest BCUT2D eigenvalue weighted by molar-refractivity contribution is 6.29. The Morgan fingerprint density at radius 1 is 0.944 bits per heavy atom. The SMILES string of the molecule is [B]C1CC(=O)N(CCC(=O)NCCCCCCCCCCCC(=O)NCCOC(C)(C)CCO)C1=O. The molecule has 0 spiro atoms. The number of imide groups is 1. The van der Waals surface area contributed by atoms with Crippen LogP contribution in [0.3, 0.4) is 0 Å². The van der Waals surface area contributed by atoms with Gasteiger partial charge in [0.2, 0.25) is 23.6 Å². The number of likely N-dealkylation sites (tertiary alicyclic amines) is 1. The van der Waals surface area contributed by atoms with Crippen LogP contribution in [0.1, 0.15) is 97.3 Å². The number of hydrogen-bond acceptors (Lipinski definition) is 6. The topological polar surface area (TPSA) is 125 Å². The molecule has 1 atom stereocenters. The van der Waals surface area contributed by atoms with Gasteiger partial charge in [0.05, 0.1) is 20.1 Å². The van der Waals surface area contributed by atoms with Crippen LogP contribution in [0, 0.1) is 0 Å². The number of carbonyl (C=O) groups excluding carboxylic acids is 4. The number of aliphatic hydroxyl groups excluding tert-OH is 1. The number of rotatable bonds is 21. The number of hydrogen-bond donors (Lipinski definition) is 3. The smallest absolute Gasteiger partial charge is 0.229 e. The minimum absolute atomic E-state index is 0.0282. The molecule has 0 bridgehead atoms. The predicted octanol–water partition coefficient (Wildman–Crippen LogP) is 2.40. The van der Waals surface area contributed by atoms with Crippen LogP contribution in [0.25, 0.3) is 0 Å². The lowest BCUT2D eigenvalue weighted by atomic mass is 9.86. The van der Waals surface area contributed by atoms with Gasteiger partial charge in [-0.2, -0.15) is 0 Å². The Kier molecular flexibility index (Phi) is 16.3. The summed E-state index contributed by atoms with van der Waals surface area (Å²) in [5, 5.41) is 14.7. The second-order valence-electron chi connectivity index (χ2n) is 10.2. The molecule has 0 saturated carbocycles. The van der Waals surface area contributed by atoms with Gasteiger partial charge in [-0.15, -0.1) is 0 Å². The molecule has 1 saturated heterocycles. The van der Waals surface area contributed by atoms with Crippen LogP contribution in [0.4, 0.5) is 0 Å².